The highest BCUT2D eigenvalue weighted by Crippen LogP contribution is 2.35. The van der Waals surface area contributed by atoms with Crippen molar-refractivity contribution < 1.29 is 14.3 Å². The molecule has 0 radical (unpaired) electrons. The summed E-state index contributed by atoms with van der Waals surface area (Å²) in [5.74, 6) is 1.63. The summed E-state index contributed by atoms with van der Waals surface area (Å²) in [6.45, 7) is 4.02. The normalized spacial score (nSPS) is 16.8. The lowest BCUT2D eigenvalue weighted by Gasteiger charge is -2.14. The number of amides is 2. The first-order valence-electron chi connectivity index (χ1n) is 6.45. The van der Waals surface area contributed by atoms with Crippen LogP contribution in [-0.4, -0.2) is 43.9 Å². The molecule has 2 N–H and O–H groups in total. The summed E-state index contributed by atoms with van der Waals surface area (Å²) < 4.78 is 10.8. The first kappa shape index (κ1) is 12.1. The summed E-state index contributed by atoms with van der Waals surface area (Å²) in [5, 5.41) is 6.11. The minimum Gasteiger partial charge on any atom is -0.454 e. The zero-order chi connectivity index (χ0) is 13.1. The van der Waals surface area contributed by atoms with Crippen LogP contribution in [0.25, 0.3) is 0 Å². The van der Waals surface area contributed by atoms with Gasteiger partial charge in [-0.3, -0.25) is 0 Å². The van der Waals surface area contributed by atoms with E-state index in [9.17, 15) is 4.79 Å². The molecule has 102 valence electrons. The third kappa shape index (κ3) is 2.58. The Morgan fingerprint density at radius 3 is 3.16 bits per heavy atom. The van der Waals surface area contributed by atoms with Crippen LogP contribution >= 0.6 is 0 Å². The average Bonchev–Trinajstić information content (AvgIpc) is 3.04. The van der Waals surface area contributed by atoms with Crippen LogP contribution < -0.4 is 20.1 Å². The maximum absolute atomic E-state index is 11.3. The van der Waals surface area contributed by atoms with Gasteiger partial charge in [0, 0.05) is 38.3 Å². The second-order valence-electron chi connectivity index (χ2n) is 4.55. The number of carbonyl (C=O) groups excluding carboxylic acids is 1. The van der Waals surface area contributed by atoms with Gasteiger partial charge >= 0.3 is 6.03 Å². The molecule has 2 heterocycles. The molecule has 0 saturated carbocycles. The van der Waals surface area contributed by atoms with Gasteiger partial charge in [-0.25, -0.2) is 4.79 Å². The monoisotopic (exact) mass is 263 g/mol. The van der Waals surface area contributed by atoms with Crippen LogP contribution in [0, 0.1) is 0 Å². The van der Waals surface area contributed by atoms with Crippen LogP contribution in [0.5, 0.6) is 11.5 Å². The molecule has 2 amide bonds. The molecule has 0 bridgehead atoms. The Morgan fingerprint density at radius 1 is 1.37 bits per heavy atom. The number of nitrogens with zero attached hydrogens (tertiary/aromatic N) is 1. The van der Waals surface area contributed by atoms with Crippen LogP contribution in [0.15, 0.2) is 18.2 Å². The van der Waals surface area contributed by atoms with Crippen LogP contribution in [0.3, 0.4) is 0 Å². The third-order valence-electron chi connectivity index (χ3n) is 3.30. The predicted molar refractivity (Wildman–Crippen MR) is 69.2 cm³/mol. The maximum Gasteiger partial charge on any atom is 0.317 e. The summed E-state index contributed by atoms with van der Waals surface area (Å²) in [7, 11) is 0. The van der Waals surface area contributed by atoms with Gasteiger partial charge < -0.3 is 25.0 Å². The van der Waals surface area contributed by atoms with E-state index in [1.54, 1.807) is 0 Å². The second kappa shape index (κ2) is 5.36. The molecule has 1 aromatic rings. The largest absolute Gasteiger partial charge is 0.454 e. The van der Waals surface area contributed by atoms with Crippen molar-refractivity contribution >= 4 is 6.03 Å². The van der Waals surface area contributed by atoms with E-state index in [0.29, 0.717) is 13.3 Å². The minimum atomic E-state index is 0.0270. The molecule has 6 heteroatoms. The highest BCUT2D eigenvalue weighted by Gasteiger charge is 2.19. The number of ether oxygens (including phenoxy) is 2. The Morgan fingerprint density at radius 2 is 2.32 bits per heavy atom. The van der Waals surface area contributed by atoms with Crippen LogP contribution in [-0.2, 0) is 6.54 Å². The number of nitrogens with one attached hydrogen (secondary N) is 2. The molecular formula is C13H17N3O3. The Kier molecular flexibility index (Phi) is 3.41. The molecule has 1 aromatic carbocycles. The van der Waals surface area contributed by atoms with Gasteiger partial charge in [-0.15, -0.1) is 0 Å². The van der Waals surface area contributed by atoms with Crippen molar-refractivity contribution in [1.29, 1.82) is 0 Å². The van der Waals surface area contributed by atoms with E-state index in [4.69, 9.17) is 9.47 Å². The highest BCUT2D eigenvalue weighted by molar-refractivity contribution is 5.76. The predicted octanol–water partition coefficient (Wildman–Crippen LogP) is 0.530. The lowest BCUT2D eigenvalue weighted by molar-refractivity contribution is 0.173. The summed E-state index contributed by atoms with van der Waals surface area (Å²) in [6.07, 6.45) is 0. The number of para-hydroxylation sites is 1. The molecule has 2 aliphatic heterocycles. The minimum absolute atomic E-state index is 0.0270. The maximum atomic E-state index is 11.3. The van der Waals surface area contributed by atoms with E-state index in [2.05, 4.69) is 10.6 Å². The Balaban J connectivity index is 1.48. The van der Waals surface area contributed by atoms with Gasteiger partial charge in [0.05, 0.1) is 0 Å². The molecule has 0 aromatic heterocycles. The zero-order valence-corrected chi connectivity index (χ0v) is 10.6. The smallest absolute Gasteiger partial charge is 0.317 e. The molecule has 0 unspecified atom stereocenters. The van der Waals surface area contributed by atoms with Gasteiger partial charge in [0.25, 0.3) is 0 Å². The Labute approximate surface area is 111 Å². The van der Waals surface area contributed by atoms with E-state index in [-0.39, 0.29) is 6.03 Å². The lowest BCUT2D eigenvalue weighted by atomic mass is 10.2. The van der Waals surface area contributed by atoms with Crippen molar-refractivity contribution in [3.63, 3.8) is 0 Å². The van der Waals surface area contributed by atoms with Crippen molar-refractivity contribution in [3.8, 4) is 11.5 Å². The van der Waals surface area contributed by atoms with Crippen molar-refractivity contribution in [2.75, 3.05) is 33.0 Å². The summed E-state index contributed by atoms with van der Waals surface area (Å²) in [4.78, 5) is 13.1. The molecule has 0 spiro atoms. The second-order valence-corrected chi connectivity index (χ2v) is 4.55. The van der Waals surface area contributed by atoms with Gasteiger partial charge in [-0.2, -0.15) is 0 Å². The Hall–Kier alpha value is -1.95. The fourth-order valence-electron chi connectivity index (χ4n) is 2.29. The van der Waals surface area contributed by atoms with Gasteiger partial charge in [-0.1, -0.05) is 12.1 Å². The first-order valence-corrected chi connectivity index (χ1v) is 6.45. The fourth-order valence-corrected chi connectivity index (χ4v) is 2.29. The van der Waals surface area contributed by atoms with Crippen molar-refractivity contribution in [2.45, 2.75) is 6.54 Å². The quantitative estimate of drug-likeness (QED) is 0.761. The SMILES string of the molecule is O=C1NCCN1CCNCc1cccc2c1OCO2. The van der Waals surface area contributed by atoms with Crippen LogP contribution in [0.4, 0.5) is 4.79 Å². The first-order chi connectivity index (χ1) is 9.34. The lowest BCUT2D eigenvalue weighted by Crippen LogP contribution is -2.34. The van der Waals surface area contributed by atoms with Gasteiger partial charge in [0.1, 0.15) is 0 Å². The van der Waals surface area contributed by atoms with E-state index >= 15 is 0 Å². The number of urea groups is 1. The summed E-state index contributed by atoms with van der Waals surface area (Å²) in [6, 6.07) is 5.90. The topological polar surface area (TPSA) is 62.8 Å². The van der Waals surface area contributed by atoms with Gasteiger partial charge in [-0.05, 0) is 6.07 Å². The molecule has 1 fully saturated rings. The van der Waals surface area contributed by atoms with Crippen molar-refractivity contribution in [1.82, 2.24) is 15.5 Å². The molecule has 6 nitrogen and oxygen atoms in total. The number of benzene rings is 1. The van der Waals surface area contributed by atoms with E-state index in [0.717, 1.165) is 43.2 Å². The molecule has 0 aliphatic carbocycles. The summed E-state index contributed by atoms with van der Waals surface area (Å²) in [5.41, 5.74) is 1.08. The molecule has 1 saturated heterocycles. The van der Waals surface area contributed by atoms with Crippen molar-refractivity contribution in [2.24, 2.45) is 0 Å². The zero-order valence-electron chi connectivity index (χ0n) is 10.6. The standard InChI is InChI=1S/C13H17N3O3/c17-13-15-5-7-16(13)6-4-14-8-10-2-1-3-11-12(10)19-9-18-11/h1-3,14H,4-9H2,(H,15,17). The molecule has 2 aliphatic rings. The van der Waals surface area contributed by atoms with E-state index in [1.807, 2.05) is 23.1 Å². The van der Waals surface area contributed by atoms with Gasteiger partial charge in [0.15, 0.2) is 11.5 Å². The highest BCUT2D eigenvalue weighted by atomic mass is 16.7. The number of hydrogen-bond acceptors (Lipinski definition) is 4. The average molecular weight is 263 g/mol. The third-order valence-corrected chi connectivity index (χ3v) is 3.30. The molecular weight excluding hydrogens is 246 g/mol. The molecule has 19 heavy (non-hydrogen) atoms. The molecule has 3 rings (SSSR count). The van der Waals surface area contributed by atoms with Crippen LogP contribution in [0.2, 0.25) is 0 Å². The van der Waals surface area contributed by atoms with Crippen molar-refractivity contribution in [3.05, 3.63) is 23.8 Å². The van der Waals surface area contributed by atoms with Crippen LogP contribution in [0.1, 0.15) is 5.56 Å². The van der Waals surface area contributed by atoms with Gasteiger partial charge in [0.2, 0.25) is 6.79 Å². The summed E-state index contributed by atoms with van der Waals surface area (Å²) >= 11 is 0. The molecule has 0 atom stereocenters. The number of rotatable bonds is 5. The fraction of sp³-hybridized carbons (Fsp3) is 0.462. The number of hydrogen-bond donors (Lipinski definition) is 2. The van der Waals surface area contributed by atoms with E-state index in [1.165, 1.54) is 0 Å². The number of carbonyl (C=O) groups is 1. The van der Waals surface area contributed by atoms with E-state index < -0.39 is 0 Å². The Bertz CT molecular complexity index is 478. The number of fused-ring (bicyclic) bond motifs is 1.